The van der Waals surface area contributed by atoms with Gasteiger partial charge in [0.25, 0.3) is 0 Å². The zero-order chi connectivity index (χ0) is 12.9. The first kappa shape index (κ1) is 11.6. The molecule has 3 rings (SSSR count). The molecule has 3 N–H and O–H groups in total. The van der Waals surface area contributed by atoms with Gasteiger partial charge in [0.2, 0.25) is 0 Å². The lowest BCUT2D eigenvalue weighted by Gasteiger charge is -2.06. The number of hydrogen-bond donors (Lipinski definition) is 2. The summed E-state index contributed by atoms with van der Waals surface area (Å²) < 4.78 is 38.1. The minimum Gasteiger partial charge on any atom is -0.358 e. The Bertz CT molecular complexity index is 598. The highest BCUT2D eigenvalue weighted by Gasteiger charge is 2.32. The molecule has 1 heterocycles. The first-order valence-corrected chi connectivity index (χ1v) is 5.92. The smallest absolute Gasteiger partial charge is 0.358 e. The van der Waals surface area contributed by atoms with E-state index in [9.17, 15) is 13.2 Å². The van der Waals surface area contributed by atoms with Crippen LogP contribution in [0, 0.1) is 0 Å². The highest BCUT2D eigenvalue weighted by atomic mass is 19.4. The Balaban J connectivity index is 2.18. The number of rotatable bonds is 1. The Morgan fingerprint density at radius 2 is 2.11 bits per heavy atom. The lowest BCUT2D eigenvalue weighted by molar-refractivity contribution is -0.137. The molecule has 96 valence electrons. The van der Waals surface area contributed by atoms with Crippen LogP contribution in [-0.2, 0) is 12.6 Å². The van der Waals surface area contributed by atoms with Crippen molar-refractivity contribution in [2.45, 2.75) is 24.9 Å². The van der Waals surface area contributed by atoms with E-state index in [2.05, 4.69) is 4.98 Å². The van der Waals surface area contributed by atoms with Gasteiger partial charge in [-0.25, -0.2) is 0 Å². The molecule has 0 spiro atoms. The molecule has 1 unspecified atom stereocenters. The Kier molecular flexibility index (Phi) is 2.41. The molecule has 0 aliphatic heterocycles. The van der Waals surface area contributed by atoms with Crippen LogP contribution in [0.5, 0.6) is 0 Å². The molecular formula is C13H13F3N2. The number of nitrogens with one attached hydrogen (secondary N) is 1. The van der Waals surface area contributed by atoms with Crippen LogP contribution in [0.1, 0.15) is 29.2 Å². The summed E-state index contributed by atoms with van der Waals surface area (Å²) in [5.74, 6) is 0.252. The Hall–Kier alpha value is -1.49. The number of hydrogen-bond acceptors (Lipinski definition) is 1. The minimum absolute atomic E-state index is 0.252. The fourth-order valence-electron chi connectivity index (χ4n) is 2.76. The molecule has 1 aliphatic rings. The molecule has 0 amide bonds. The van der Waals surface area contributed by atoms with Gasteiger partial charge < -0.3 is 10.7 Å². The van der Waals surface area contributed by atoms with Gasteiger partial charge in [-0.2, -0.15) is 13.2 Å². The van der Waals surface area contributed by atoms with Crippen molar-refractivity contribution in [2.75, 3.05) is 6.54 Å². The maximum atomic E-state index is 12.7. The number of fused-ring (bicyclic) bond motifs is 3. The molecule has 0 bridgehead atoms. The fourth-order valence-corrected chi connectivity index (χ4v) is 2.76. The molecule has 1 aromatic carbocycles. The van der Waals surface area contributed by atoms with Gasteiger partial charge in [0.1, 0.15) is 0 Å². The second-order valence-corrected chi connectivity index (χ2v) is 4.75. The second-order valence-electron chi connectivity index (χ2n) is 4.75. The molecule has 1 aromatic heterocycles. The van der Waals surface area contributed by atoms with E-state index in [1.165, 1.54) is 12.1 Å². The summed E-state index contributed by atoms with van der Waals surface area (Å²) in [6.07, 6.45) is -2.56. The lowest BCUT2D eigenvalue weighted by atomic mass is 10.1. The van der Waals surface area contributed by atoms with Crippen molar-refractivity contribution in [3.63, 3.8) is 0 Å². The fraction of sp³-hybridized carbons (Fsp3) is 0.385. The molecule has 18 heavy (non-hydrogen) atoms. The highest BCUT2D eigenvalue weighted by Crippen LogP contribution is 2.39. The van der Waals surface area contributed by atoms with Crippen molar-refractivity contribution in [1.82, 2.24) is 4.98 Å². The third kappa shape index (κ3) is 1.61. The van der Waals surface area contributed by atoms with E-state index in [4.69, 9.17) is 5.73 Å². The normalized spacial score (nSPS) is 19.4. The predicted octanol–water partition coefficient (Wildman–Crippen LogP) is 3.18. The molecule has 0 saturated heterocycles. The lowest BCUT2D eigenvalue weighted by Crippen LogP contribution is -2.09. The summed E-state index contributed by atoms with van der Waals surface area (Å²) in [4.78, 5) is 3.21. The van der Waals surface area contributed by atoms with E-state index in [1.54, 1.807) is 0 Å². The SMILES string of the molecule is NCC1CCc2c1[nH]c1ccc(C(F)(F)F)cc21. The molecule has 2 aromatic rings. The Labute approximate surface area is 102 Å². The van der Waals surface area contributed by atoms with Crippen LogP contribution in [0.3, 0.4) is 0 Å². The van der Waals surface area contributed by atoms with Crippen molar-refractivity contribution < 1.29 is 13.2 Å². The maximum absolute atomic E-state index is 12.7. The van der Waals surface area contributed by atoms with Crippen molar-refractivity contribution in [2.24, 2.45) is 5.73 Å². The molecule has 1 atom stereocenters. The summed E-state index contributed by atoms with van der Waals surface area (Å²) in [7, 11) is 0. The average molecular weight is 254 g/mol. The minimum atomic E-state index is -4.29. The largest absolute Gasteiger partial charge is 0.416 e. The van der Waals surface area contributed by atoms with Crippen LogP contribution in [0.2, 0.25) is 0 Å². The number of aromatic nitrogens is 1. The molecule has 5 heteroatoms. The summed E-state index contributed by atoms with van der Waals surface area (Å²) >= 11 is 0. The van der Waals surface area contributed by atoms with Gasteiger partial charge in [-0.1, -0.05) is 0 Å². The molecule has 1 aliphatic carbocycles. The van der Waals surface area contributed by atoms with Crippen LogP contribution in [0.25, 0.3) is 10.9 Å². The number of alkyl halides is 3. The van der Waals surface area contributed by atoms with Gasteiger partial charge in [-0.05, 0) is 36.6 Å². The van der Waals surface area contributed by atoms with Gasteiger partial charge in [0.15, 0.2) is 0 Å². The number of aryl methyl sites for hydroxylation is 1. The predicted molar refractivity (Wildman–Crippen MR) is 63.4 cm³/mol. The van der Waals surface area contributed by atoms with Gasteiger partial charge in [-0.3, -0.25) is 0 Å². The Morgan fingerprint density at radius 3 is 2.78 bits per heavy atom. The number of aromatic amines is 1. The van der Waals surface area contributed by atoms with Gasteiger partial charge in [0.05, 0.1) is 5.56 Å². The third-order valence-corrected chi connectivity index (χ3v) is 3.70. The zero-order valence-electron chi connectivity index (χ0n) is 9.64. The van der Waals surface area contributed by atoms with Crippen molar-refractivity contribution in [3.05, 3.63) is 35.0 Å². The number of nitrogens with two attached hydrogens (primary N) is 1. The van der Waals surface area contributed by atoms with Gasteiger partial charge in [-0.15, -0.1) is 0 Å². The molecule has 0 saturated carbocycles. The van der Waals surface area contributed by atoms with Crippen LogP contribution >= 0.6 is 0 Å². The summed E-state index contributed by atoms with van der Waals surface area (Å²) in [6.45, 7) is 0.534. The van der Waals surface area contributed by atoms with Crippen LogP contribution in [0.15, 0.2) is 18.2 Å². The molecular weight excluding hydrogens is 241 g/mol. The molecule has 0 radical (unpaired) electrons. The van der Waals surface area contributed by atoms with Crippen LogP contribution in [0.4, 0.5) is 13.2 Å². The molecule has 2 nitrogen and oxygen atoms in total. The number of H-pyrrole nitrogens is 1. The van der Waals surface area contributed by atoms with Gasteiger partial charge in [0, 0.05) is 29.1 Å². The van der Waals surface area contributed by atoms with Crippen molar-refractivity contribution >= 4 is 10.9 Å². The number of halogens is 3. The van der Waals surface area contributed by atoms with E-state index in [0.717, 1.165) is 35.7 Å². The van der Waals surface area contributed by atoms with E-state index in [1.807, 2.05) is 0 Å². The first-order chi connectivity index (χ1) is 8.50. The third-order valence-electron chi connectivity index (χ3n) is 3.70. The van der Waals surface area contributed by atoms with E-state index in [-0.39, 0.29) is 5.92 Å². The second kappa shape index (κ2) is 3.75. The number of benzene rings is 1. The Morgan fingerprint density at radius 1 is 1.33 bits per heavy atom. The first-order valence-electron chi connectivity index (χ1n) is 5.92. The monoisotopic (exact) mass is 254 g/mol. The van der Waals surface area contributed by atoms with Crippen molar-refractivity contribution in [1.29, 1.82) is 0 Å². The van der Waals surface area contributed by atoms with E-state index < -0.39 is 11.7 Å². The topological polar surface area (TPSA) is 41.8 Å². The highest BCUT2D eigenvalue weighted by molar-refractivity contribution is 5.86. The van der Waals surface area contributed by atoms with Gasteiger partial charge >= 0.3 is 6.18 Å². The van der Waals surface area contributed by atoms with E-state index >= 15 is 0 Å². The summed E-state index contributed by atoms with van der Waals surface area (Å²) in [5.41, 5.74) is 7.88. The average Bonchev–Trinajstić information content (AvgIpc) is 2.84. The van der Waals surface area contributed by atoms with E-state index in [0.29, 0.717) is 11.9 Å². The summed E-state index contributed by atoms with van der Waals surface area (Å²) in [5, 5.41) is 0.691. The van der Waals surface area contributed by atoms with Crippen molar-refractivity contribution in [3.8, 4) is 0 Å². The summed E-state index contributed by atoms with van der Waals surface area (Å²) in [6, 6.07) is 3.86. The quantitative estimate of drug-likeness (QED) is 0.806. The zero-order valence-corrected chi connectivity index (χ0v) is 9.64. The maximum Gasteiger partial charge on any atom is 0.416 e. The van der Waals surface area contributed by atoms with Crippen LogP contribution < -0.4 is 5.73 Å². The van der Waals surface area contributed by atoms with Crippen LogP contribution in [-0.4, -0.2) is 11.5 Å². The standard InChI is InChI=1S/C13H13F3N2/c14-13(15,16)8-2-4-11-10(5-8)9-3-1-7(6-17)12(9)18-11/h2,4-5,7,18H,1,3,6,17H2. The molecule has 0 fully saturated rings.